The summed E-state index contributed by atoms with van der Waals surface area (Å²) in [5.74, 6) is -0.960. The van der Waals surface area contributed by atoms with Crippen LogP contribution in [0.2, 0.25) is 0 Å². The molecule has 0 unspecified atom stereocenters. The van der Waals surface area contributed by atoms with Crippen LogP contribution in [-0.2, 0) is 4.79 Å². The van der Waals surface area contributed by atoms with Crippen molar-refractivity contribution >= 4 is 17.3 Å². The zero-order valence-electron chi connectivity index (χ0n) is 9.64. The molecule has 0 saturated heterocycles. The third-order valence-electron chi connectivity index (χ3n) is 2.68. The summed E-state index contributed by atoms with van der Waals surface area (Å²) in [4.78, 5) is 21.0. The molecule has 2 N–H and O–H groups in total. The average Bonchev–Trinajstić information content (AvgIpc) is 2.29. The van der Waals surface area contributed by atoms with Crippen molar-refractivity contribution in [3.8, 4) is 0 Å². The fourth-order valence-corrected chi connectivity index (χ4v) is 1.28. The van der Waals surface area contributed by atoms with Gasteiger partial charge in [-0.2, -0.15) is 0 Å². The lowest BCUT2D eigenvalue weighted by Gasteiger charge is -2.25. The molecule has 0 aliphatic rings. The maximum atomic E-state index is 11.1. The first kappa shape index (κ1) is 13.0. The number of rotatable bonds is 5. The Hall–Kier alpha value is -2.11. The molecule has 1 aromatic rings. The predicted octanol–water partition coefficient (Wildman–Crippen LogP) is 2.26. The number of non-ortho nitro benzene ring substituents is 1. The smallest absolute Gasteiger partial charge is 0.329 e. The summed E-state index contributed by atoms with van der Waals surface area (Å²) in [5.41, 5.74) is -0.553. The Balaban J connectivity index is 2.88. The Labute approximate surface area is 98.4 Å². The van der Waals surface area contributed by atoms with E-state index in [-0.39, 0.29) is 5.69 Å². The number of hydrogen-bond acceptors (Lipinski definition) is 4. The van der Waals surface area contributed by atoms with E-state index in [4.69, 9.17) is 5.11 Å². The summed E-state index contributed by atoms with van der Waals surface area (Å²) < 4.78 is 0. The highest BCUT2D eigenvalue weighted by Crippen LogP contribution is 2.21. The first-order chi connectivity index (χ1) is 7.89. The number of nitrogens with zero attached hydrogens (tertiary/aromatic N) is 1. The molecular weight excluding hydrogens is 224 g/mol. The van der Waals surface area contributed by atoms with Gasteiger partial charge in [0.1, 0.15) is 5.54 Å². The highest BCUT2D eigenvalue weighted by Gasteiger charge is 2.30. The van der Waals surface area contributed by atoms with E-state index in [1.54, 1.807) is 13.8 Å². The quantitative estimate of drug-likeness (QED) is 0.606. The predicted molar refractivity (Wildman–Crippen MR) is 63.1 cm³/mol. The van der Waals surface area contributed by atoms with Crippen LogP contribution in [0.4, 0.5) is 11.4 Å². The summed E-state index contributed by atoms with van der Waals surface area (Å²) in [6.45, 7) is 3.32. The first-order valence-electron chi connectivity index (χ1n) is 5.15. The van der Waals surface area contributed by atoms with Crippen LogP contribution in [0, 0.1) is 10.1 Å². The van der Waals surface area contributed by atoms with Crippen molar-refractivity contribution in [1.29, 1.82) is 0 Å². The van der Waals surface area contributed by atoms with E-state index < -0.39 is 16.4 Å². The highest BCUT2D eigenvalue weighted by atomic mass is 16.6. The molecule has 0 aromatic heterocycles. The molecule has 6 heteroatoms. The highest BCUT2D eigenvalue weighted by molar-refractivity contribution is 5.82. The first-order valence-corrected chi connectivity index (χ1v) is 5.15. The number of hydrogen-bond donors (Lipinski definition) is 2. The molecule has 0 spiro atoms. The fourth-order valence-electron chi connectivity index (χ4n) is 1.28. The Morgan fingerprint density at radius 3 is 2.35 bits per heavy atom. The van der Waals surface area contributed by atoms with Crippen LogP contribution in [0.5, 0.6) is 0 Å². The van der Waals surface area contributed by atoms with Gasteiger partial charge in [0.25, 0.3) is 5.69 Å². The molecule has 0 radical (unpaired) electrons. The summed E-state index contributed by atoms with van der Waals surface area (Å²) in [5, 5.41) is 22.4. The van der Waals surface area contributed by atoms with Gasteiger partial charge in [0.15, 0.2) is 0 Å². The fraction of sp³-hybridized carbons (Fsp3) is 0.364. The van der Waals surface area contributed by atoms with Gasteiger partial charge < -0.3 is 10.4 Å². The van der Waals surface area contributed by atoms with E-state index in [0.29, 0.717) is 12.1 Å². The van der Waals surface area contributed by atoms with Crippen LogP contribution in [0.3, 0.4) is 0 Å². The van der Waals surface area contributed by atoms with Gasteiger partial charge in [-0.3, -0.25) is 10.1 Å². The van der Waals surface area contributed by atoms with E-state index in [9.17, 15) is 14.9 Å². The normalized spacial score (nSPS) is 13.8. The van der Waals surface area contributed by atoms with Gasteiger partial charge in [-0.25, -0.2) is 4.79 Å². The van der Waals surface area contributed by atoms with Crippen molar-refractivity contribution in [2.24, 2.45) is 0 Å². The van der Waals surface area contributed by atoms with Crippen molar-refractivity contribution in [3.63, 3.8) is 0 Å². The zero-order chi connectivity index (χ0) is 13.1. The van der Waals surface area contributed by atoms with E-state index in [1.807, 2.05) is 0 Å². The van der Waals surface area contributed by atoms with Gasteiger partial charge in [0.2, 0.25) is 0 Å². The lowest BCUT2D eigenvalue weighted by atomic mass is 9.99. The Kier molecular flexibility index (Phi) is 3.67. The lowest BCUT2D eigenvalue weighted by Crippen LogP contribution is -2.42. The van der Waals surface area contributed by atoms with Crippen LogP contribution < -0.4 is 5.32 Å². The number of aliphatic carboxylic acids is 1. The summed E-state index contributed by atoms with van der Waals surface area (Å²) in [7, 11) is 0. The van der Waals surface area contributed by atoms with Crippen molar-refractivity contribution in [3.05, 3.63) is 34.4 Å². The maximum absolute atomic E-state index is 11.1. The summed E-state index contributed by atoms with van der Waals surface area (Å²) >= 11 is 0. The second-order valence-corrected chi connectivity index (χ2v) is 3.92. The number of carbonyl (C=O) groups is 1. The molecule has 6 nitrogen and oxygen atoms in total. The van der Waals surface area contributed by atoms with Crippen molar-refractivity contribution in [2.75, 3.05) is 5.32 Å². The second kappa shape index (κ2) is 4.82. The van der Waals surface area contributed by atoms with Gasteiger partial charge in [0.05, 0.1) is 4.92 Å². The van der Waals surface area contributed by atoms with Crippen LogP contribution in [0.1, 0.15) is 20.3 Å². The number of carboxylic acids is 1. The molecule has 0 fully saturated rings. The molecule has 17 heavy (non-hydrogen) atoms. The largest absolute Gasteiger partial charge is 0.480 e. The van der Waals surface area contributed by atoms with Crippen LogP contribution in [0.25, 0.3) is 0 Å². The molecule has 1 rings (SSSR count). The summed E-state index contributed by atoms with van der Waals surface area (Å²) in [6, 6.07) is 5.66. The SMILES string of the molecule is CC[C@](C)(Nc1ccc([N+](=O)[O-])cc1)C(=O)O. The molecule has 0 amide bonds. The second-order valence-electron chi connectivity index (χ2n) is 3.92. The van der Waals surface area contributed by atoms with Gasteiger partial charge in [-0.15, -0.1) is 0 Å². The van der Waals surface area contributed by atoms with Crippen molar-refractivity contribution in [1.82, 2.24) is 0 Å². The molecule has 0 aliphatic heterocycles. The van der Waals surface area contributed by atoms with Gasteiger partial charge in [-0.05, 0) is 25.5 Å². The zero-order valence-corrected chi connectivity index (χ0v) is 9.64. The number of anilines is 1. The molecule has 0 aliphatic carbocycles. The maximum Gasteiger partial charge on any atom is 0.329 e. The van der Waals surface area contributed by atoms with Gasteiger partial charge >= 0.3 is 5.97 Å². The Morgan fingerprint density at radius 1 is 1.47 bits per heavy atom. The van der Waals surface area contributed by atoms with Crippen LogP contribution >= 0.6 is 0 Å². The van der Waals surface area contributed by atoms with Crippen LogP contribution in [0.15, 0.2) is 24.3 Å². The van der Waals surface area contributed by atoms with Gasteiger partial charge in [0, 0.05) is 17.8 Å². The molecular formula is C11H14N2O4. The molecule has 92 valence electrons. The third kappa shape index (κ3) is 2.93. The monoisotopic (exact) mass is 238 g/mol. The van der Waals surface area contributed by atoms with E-state index >= 15 is 0 Å². The number of benzene rings is 1. The topological polar surface area (TPSA) is 92.5 Å². The Morgan fingerprint density at radius 2 is 2.00 bits per heavy atom. The van der Waals surface area contributed by atoms with E-state index in [0.717, 1.165) is 0 Å². The molecule has 0 saturated carbocycles. The lowest BCUT2D eigenvalue weighted by molar-refractivity contribution is -0.384. The minimum atomic E-state index is -1.07. The average molecular weight is 238 g/mol. The van der Waals surface area contributed by atoms with E-state index in [2.05, 4.69) is 5.32 Å². The Bertz CT molecular complexity index is 430. The molecule has 0 heterocycles. The number of nitro benzene ring substituents is 1. The van der Waals surface area contributed by atoms with Crippen LogP contribution in [-0.4, -0.2) is 21.5 Å². The molecule has 0 bridgehead atoms. The van der Waals surface area contributed by atoms with Gasteiger partial charge in [-0.1, -0.05) is 6.92 Å². The van der Waals surface area contributed by atoms with Crippen molar-refractivity contribution in [2.45, 2.75) is 25.8 Å². The number of nitrogens with one attached hydrogen (secondary N) is 1. The summed E-state index contributed by atoms with van der Waals surface area (Å²) in [6.07, 6.45) is 0.402. The standard InChI is InChI=1S/C11H14N2O4/c1-3-11(2,10(14)15)12-8-4-6-9(7-5-8)13(16)17/h4-7,12H,3H2,1-2H3,(H,14,15)/t11-/m0/s1. The minimum absolute atomic E-state index is 0.0240. The number of nitro groups is 1. The molecule has 1 aromatic carbocycles. The number of carboxylic acid groups (broad SMARTS) is 1. The third-order valence-corrected chi connectivity index (χ3v) is 2.68. The van der Waals surface area contributed by atoms with E-state index in [1.165, 1.54) is 24.3 Å². The molecule has 1 atom stereocenters. The van der Waals surface area contributed by atoms with Crippen molar-refractivity contribution < 1.29 is 14.8 Å². The minimum Gasteiger partial charge on any atom is -0.480 e.